The second-order valence-corrected chi connectivity index (χ2v) is 6.11. The summed E-state index contributed by atoms with van der Waals surface area (Å²) in [6.45, 7) is 9.43. The summed E-state index contributed by atoms with van der Waals surface area (Å²) in [7, 11) is 0. The number of hydrogen-bond acceptors (Lipinski definition) is 3. The highest BCUT2D eigenvalue weighted by atomic mass is 16.3. The standard InChI is InChI=1S/C14H29NO2/c1-4-5-8-15(9-10-16)11-12-6-7-14(2,3)13(12)17/h12-13,16-17H,4-11H2,1-3H3. The predicted molar refractivity (Wildman–Crippen MR) is 70.9 cm³/mol. The Morgan fingerprint density at radius 3 is 2.47 bits per heavy atom. The van der Waals surface area contributed by atoms with E-state index in [0.717, 1.165) is 32.5 Å². The average Bonchev–Trinajstić information content (AvgIpc) is 2.53. The van der Waals surface area contributed by atoms with E-state index in [1.807, 2.05) is 0 Å². The Bertz CT molecular complexity index is 218. The number of aliphatic hydroxyl groups excluding tert-OH is 2. The zero-order valence-electron chi connectivity index (χ0n) is 11.7. The molecule has 2 unspecified atom stereocenters. The minimum Gasteiger partial charge on any atom is -0.395 e. The lowest BCUT2D eigenvalue weighted by Crippen LogP contribution is -2.38. The van der Waals surface area contributed by atoms with Gasteiger partial charge in [-0.15, -0.1) is 0 Å². The van der Waals surface area contributed by atoms with E-state index in [1.165, 1.54) is 12.8 Å². The summed E-state index contributed by atoms with van der Waals surface area (Å²) >= 11 is 0. The maximum Gasteiger partial charge on any atom is 0.0631 e. The molecule has 1 aliphatic rings. The van der Waals surface area contributed by atoms with Crippen molar-refractivity contribution in [1.82, 2.24) is 4.90 Å². The van der Waals surface area contributed by atoms with Gasteiger partial charge in [0.05, 0.1) is 12.7 Å². The van der Waals surface area contributed by atoms with E-state index >= 15 is 0 Å². The first kappa shape index (κ1) is 14.9. The van der Waals surface area contributed by atoms with Crippen molar-refractivity contribution < 1.29 is 10.2 Å². The molecule has 1 aliphatic carbocycles. The van der Waals surface area contributed by atoms with Crippen LogP contribution in [0.3, 0.4) is 0 Å². The van der Waals surface area contributed by atoms with Crippen LogP contribution in [0.25, 0.3) is 0 Å². The Morgan fingerprint density at radius 2 is 2.00 bits per heavy atom. The van der Waals surface area contributed by atoms with Gasteiger partial charge in [-0.3, -0.25) is 0 Å². The first-order chi connectivity index (χ1) is 8.01. The van der Waals surface area contributed by atoms with E-state index in [9.17, 15) is 5.11 Å². The third kappa shape index (κ3) is 4.23. The first-order valence-corrected chi connectivity index (χ1v) is 7.02. The van der Waals surface area contributed by atoms with Crippen LogP contribution in [0.4, 0.5) is 0 Å². The molecule has 1 saturated carbocycles. The normalized spacial score (nSPS) is 27.9. The van der Waals surface area contributed by atoms with Gasteiger partial charge in [0.15, 0.2) is 0 Å². The minimum absolute atomic E-state index is 0.0697. The summed E-state index contributed by atoms with van der Waals surface area (Å²) in [5, 5.41) is 19.3. The summed E-state index contributed by atoms with van der Waals surface area (Å²) in [5.41, 5.74) is 0.0697. The van der Waals surface area contributed by atoms with Crippen molar-refractivity contribution >= 4 is 0 Å². The van der Waals surface area contributed by atoms with Gasteiger partial charge in [0.1, 0.15) is 0 Å². The zero-order chi connectivity index (χ0) is 12.9. The van der Waals surface area contributed by atoms with Crippen LogP contribution in [-0.2, 0) is 0 Å². The zero-order valence-corrected chi connectivity index (χ0v) is 11.7. The second kappa shape index (κ2) is 6.72. The van der Waals surface area contributed by atoms with Crippen LogP contribution in [0.5, 0.6) is 0 Å². The third-order valence-corrected chi connectivity index (χ3v) is 4.14. The van der Waals surface area contributed by atoms with Gasteiger partial charge in [0.25, 0.3) is 0 Å². The summed E-state index contributed by atoms with van der Waals surface area (Å²) in [4.78, 5) is 2.30. The maximum absolute atomic E-state index is 10.3. The molecular weight excluding hydrogens is 214 g/mol. The fraction of sp³-hybridized carbons (Fsp3) is 1.00. The molecule has 17 heavy (non-hydrogen) atoms. The van der Waals surface area contributed by atoms with Gasteiger partial charge in [0, 0.05) is 13.1 Å². The fourth-order valence-corrected chi connectivity index (χ4v) is 2.84. The van der Waals surface area contributed by atoms with Crippen LogP contribution in [0.15, 0.2) is 0 Å². The van der Waals surface area contributed by atoms with Crippen molar-refractivity contribution in [3.8, 4) is 0 Å². The highest BCUT2D eigenvalue weighted by Gasteiger charge is 2.40. The van der Waals surface area contributed by atoms with Gasteiger partial charge in [-0.1, -0.05) is 27.2 Å². The topological polar surface area (TPSA) is 43.7 Å². The Morgan fingerprint density at radius 1 is 1.29 bits per heavy atom. The molecule has 0 amide bonds. The summed E-state index contributed by atoms with van der Waals surface area (Å²) in [5.74, 6) is 0.383. The lowest BCUT2D eigenvalue weighted by atomic mass is 9.87. The molecule has 0 aromatic heterocycles. The lowest BCUT2D eigenvalue weighted by Gasteiger charge is -2.30. The Kier molecular flexibility index (Phi) is 5.90. The summed E-state index contributed by atoms with van der Waals surface area (Å²) in [6, 6.07) is 0. The summed E-state index contributed by atoms with van der Waals surface area (Å²) in [6.07, 6.45) is 4.39. The molecule has 102 valence electrons. The van der Waals surface area contributed by atoms with E-state index in [2.05, 4.69) is 25.7 Å². The van der Waals surface area contributed by atoms with E-state index < -0.39 is 0 Å². The van der Waals surface area contributed by atoms with Crippen molar-refractivity contribution in [3.63, 3.8) is 0 Å². The quantitative estimate of drug-likeness (QED) is 0.717. The Hall–Kier alpha value is -0.120. The molecule has 3 heteroatoms. The largest absolute Gasteiger partial charge is 0.395 e. The highest BCUT2D eigenvalue weighted by molar-refractivity contribution is 4.92. The maximum atomic E-state index is 10.3. The smallest absolute Gasteiger partial charge is 0.0631 e. The molecule has 1 fully saturated rings. The van der Waals surface area contributed by atoms with Gasteiger partial charge in [-0.25, -0.2) is 0 Å². The minimum atomic E-state index is -0.190. The van der Waals surface area contributed by atoms with Gasteiger partial charge in [-0.2, -0.15) is 0 Å². The van der Waals surface area contributed by atoms with Crippen molar-refractivity contribution in [2.75, 3.05) is 26.2 Å². The third-order valence-electron chi connectivity index (χ3n) is 4.14. The monoisotopic (exact) mass is 243 g/mol. The number of unbranched alkanes of at least 4 members (excludes halogenated alkanes) is 1. The van der Waals surface area contributed by atoms with Gasteiger partial charge >= 0.3 is 0 Å². The lowest BCUT2D eigenvalue weighted by molar-refractivity contribution is 0.0303. The van der Waals surface area contributed by atoms with E-state index in [4.69, 9.17) is 5.11 Å². The van der Waals surface area contributed by atoms with Gasteiger partial charge in [0.2, 0.25) is 0 Å². The van der Waals surface area contributed by atoms with E-state index in [-0.39, 0.29) is 18.1 Å². The van der Waals surface area contributed by atoms with Crippen LogP contribution in [0.1, 0.15) is 46.5 Å². The molecule has 1 rings (SSSR count). The van der Waals surface area contributed by atoms with Crippen molar-refractivity contribution in [2.45, 2.75) is 52.6 Å². The molecule has 0 aliphatic heterocycles. The predicted octanol–water partition coefficient (Wildman–Crippen LogP) is 1.88. The molecule has 0 spiro atoms. The molecule has 0 bridgehead atoms. The molecule has 0 saturated heterocycles. The number of hydrogen-bond donors (Lipinski definition) is 2. The highest BCUT2D eigenvalue weighted by Crippen LogP contribution is 2.41. The number of rotatable bonds is 7. The van der Waals surface area contributed by atoms with Crippen molar-refractivity contribution in [1.29, 1.82) is 0 Å². The molecule has 0 aromatic carbocycles. The average molecular weight is 243 g/mol. The molecule has 0 aromatic rings. The number of aliphatic hydroxyl groups is 2. The van der Waals surface area contributed by atoms with Gasteiger partial charge < -0.3 is 15.1 Å². The van der Waals surface area contributed by atoms with Crippen LogP contribution in [-0.4, -0.2) is 47.5 Å². The van der Waals surface area contributed by atoms with Crippen LogP contribution < -0.4 is 0 Å². The molecule has 0 heterocycles. The molecule has 0 radical (unpaired) electrons. The van der Waals surface area contributed by atoms with E-state index in [0.29, 0.717) is 5.92 Å². The van der Waals surface area contributed by atoms with E-state index in [1.54, 1.807) is 0 Å². The van der Waals surface area contributed by atoms with Crippen LogP contribution >= 0.6 is 0 Å². The van der Waals surface area contributed by atoms with Gasteiger partial charge in [-0.05, 0) is 37.1 Å². The van der Waals surface area contributed by atoms with Crippen LogP contribution in [0.2, 0.25) is 0 Å². The SMILES string of the molecule is CCCCN(CCO)CC1CCC(C)(C)C1O. The molecule has 3 nitrogen and oxygen atoms in total. The Balaban J connectivity index is 2.44. The Labute approximate surface area is 106 Å². The van der Waals surface area contributed by atoms with Crippen molar-refractivity contribution in [2.24, 2.45) is 11.3 Å². The van der Waals surface area contributed by atoms with Crippen LogP contribution in [0, 0.1) is 11.3 Å². The molecule has 2 atom stereocenters. The number of nitrogens with zero attached hydrogens (tertiary/aromatic N) is 1. The summed E-state index contributed by atoms with van der Waals surface area (Å²) < 4.78 is 0. The molecule has 2 N–H and O–H groups in total. The fourth-order valence-electron chi connectivity index (χ4n) is 2.84. The first-order valence-electron chi connectivity index (χ1n) is 7.02. The molecular formula is C14H29NO2. The van der Waals surface area contributed by atoms with Crippen molar-refractivity contribution in [3.05, 3.63) is 0 Å². The second-order valence-electron chi connectivity index (χ2n) is 6.11.